The Balaban J connectivity index is 1.96. The van der Waals surface area contributed by atoms with Gasteiger partial charge in [-0.2, -0.15) is 11.8 Å². The Kier molecular flexibility index (Phi) is 3.28. The molecule has 3 N–H and O–H groups in total. The standard InChI is InChI=1S/C14H17N3S/c15-12-9-16-13-4-2-1-3-11(13)14(12)17-10-5-7-18-8-6-10/h1-4,9-10H,5-8,15H2,(H,16,17). The van der Waals surface area contributed by atoms with Crippen molar-refractivity contribution in [2.75, 3.05) is 22.6 Å². The molecule has 0 saturated carbocycles. The Morgan fingerprint density at radius 1 is 1.22 bits per heavy atom. The summed E-state index contributed by atoms with van der Waals surface area (Å²) in [5.74, 6) is 2.47. The van der Waals surface area contributed by atoms with Gasteiger partial charge in [-0.15, -0.1) is 0 Å². The van der Waals surface area contributed by atoms with E-state index in [1.807, 2.05) is 30.0 Å². The van der Waals surface area contributed by atoms with Gasteiger partial charge in [0.25, 0.3) is 0 Å². The molecule has 1 saturated heterocycles. The van der Waals surface area contributed by atoms with Crippen LogP contribution in [-0.4, -0.2) is 22.5 Å². The molecule has 1 aromatic heterocycles. The van der Waals surface area contributed by atoms with Crippen LogP contribution in [0.1, 0.15) is 12.8 Å². The van der Waals surface area contributed by atoms with E-state index in [2.05, 4.69) is 16.4 Å². The van der Waals surface area contributed by atoms with Crippen molar-refractivity contribution in [3.05, 3.63) is 30.5 Å². The number of nitrogens with two attached hydrogens (primary N) is 1. The van der Waals surface area contributed by atoms with Crippen LogP contribution in [0.4, 0.5) is 11.4 Å². The second-order valence-electron chi connectivity index (χ2n) is 4.64. The summed E-state index contributed by atoms with van der Waals surface area (Å²) in [6.45, 7) is 0. The average Bonchev–Trinajstić information content (AvgIpc) is 2.43. The fourth-order valence-corrected chi connectivity index (χ4v) is 3.47. The molecular weight excluding hydrogens is 242 g/mol. The van der Waals surface area contributed by atoms with Crippen LogP contribution in [0, 0.1) is 0 Å². The third kappa shape index (κ3) is 2.25. The SMILES string of the molecule is Nc1cnc2ccccc2c1NC1CCSCC1. The van der Waals surface area contributed by atoms with Crippen LogP contribution in [-0.2, 0) is 0 Å². The van der Waals surface area contributed by atoms with Gasteiger partial charge in [0.15, 0.2) is 0 Å². The summed E-state index contributed by atoms with van der Waals surface area (Å²) < 4.78 is 0. The molecule has 3 rings (SSSR count). The van der Waals surface area contributed by atoms with Crippen LogP contribution < -0.4 is 11.1 Å². The molecule has 0 unspecified atom stereocenters. The van der Waals surface area contributed by atoms with Crippen molar-refractivity contribution in [2.45, 2.75) is 18.9 Å². The molecule has 2 heterocycles. The lowest BCUT2D eigenvalue weighted by Gasteiger charge is -2.25. The van der Waals surface area contributed by atoms with Crippen LogP contribution in [0.2, 0.25) is 0 Å². The highest BCUT2D eigenvalue weighted by Crippen LogP contribution is 2.30. The normalized spacial score (nSPS) is 16.9. The predicted molar refractivity (Wildman–Crippen MR) is 80.1 cm³/mol. The maximum Gasteiger partial charge on any atom is 0.0743 e. The lowest BCUT2D eigenvalue weighted by molar-refractivity contribution is 0.668. The maximum absolute atomic E-state index is 6.07. The number of anilines is 2. The number of hydrogen-bond acceptors (Lipinski definition) is 4. The first-order valence-electron chi connectivity index (χ1n) is 6.32. The smallest absolute Gasteiger partial charge is 0.0743 e. The van der Waals surface area contributed by atoms with Crippen molar-refractivity contribution in [3.8, 4) is 0 Å². The zero-order valence-corrected chi connectivity index (χ0v) is 11.0. The van der Waals surface area contributed by atoms with Gasteiger partial charge in [0.2, 0.25) is 0 Å². The molecular formula is C14H17N3S. The third-order valence-corrected chi connectivity index (χ3v) is 4.42. The first-order valence-corrected chi connectivity index (χ1v) is 7.47. The van der Waals surface area contributed by atoms with Gasteiger partial charge >= 0.3 is 0 Å². The maximum atomic E-state index is 6.07. The highest BCUT2D eigenvalue weighted by molar-refractivity contribution is 7.99. The molecule has 1 aliphatic rings. The second kappa shape index (κ2) is 5.06. The monoisotopic (exact) mass is 259 g/mol. The topological polar surface area (TPSA) is 50.9 Å². The molecule has 0 aliphatic carbocycles. The first kappa shape index (κ1) is 11.7. The van der Waals surface area contributed by atoms with E-state index in [9.17, 15) is 0 Å². The average molecular weight is 259 g/mol. The van der Waals surface area contributed by atoms with Crippen molar-refractivity contribution in [2.24, 2.45) is 0 Å². The van der Waals surface area contributed by atoms with E-state index >= 15 is 0 Å². The highest BCUT2D eigenvalue weighted by Gasteiger charge is 2.15. The number of nitrogens with one attached hydrogen (secondary N) is 1. The minimum atomic E-state index is 0.541. The summed E-state index contributed by atoms with van der Waals surface area (Å²) in [5.41, 5.74) is 8.87. The molecule has 0 atom stereocenters. The lowest BCUT2D eigenvalue weighted by atomic mass is 10.1. The highest BCUT2D eigenvalue weighted by atomic mass is 32.2. The molecule has 0 radical (unpaired) electrons. The van der Waals surface area contributed by atoms with Crippen LogP contribution in [0.3, 0.4) is 0 Å². The van der Waals surface area contributed by atoms with Gasteiger partial charge in [-0.25, -0.2) is 0 Å². The summed E-state index contributed by atoms with van der Waals surface area (Å²) in [4.78, 5) is 4.37. The Morgan fingerprint density at radius 3 is 2.83 bits per heavy atom. The molecule has 3 nitrogen and oxygen atoms in total. The van der Waals surface area contributed by atoms with Crippen LogP contribution in [0.15, 0.2) is 30.5 Å². The van der Waals surface area contributed by atoms with Gasteiger partial charge in [0, 0.05) is 11.4 Å². The van der Waals surface area contributed by atoms with Gasteiger partial charge in [-0.1, -0.05) is 18.2 Å². The van der Waals surface area contributed by atoms with E-state index in [1.165, 1.54) is 24.3 Å². The van der Waals surface area contributed by atoms with Crippen LogP contribution in [0.25, 0.3) is 10.9 Å². The van der Waals surface area contributed by atoms with E-state index in [4.69, 9.17) is 5.73 Å². The van der Waals surface area contributed by atoms with E-state index in [0.29, 0.717) is 6.04 Å². The van der Waals surface area contributed by atoms with Gasteiger partial charge in [0.05, 0.1) is 23.1 Å². The van der Waals surface area contributed by atoms with E-state index in [1.54, 1.807) is 6.20 Å². The fourth-order valence-electron chi connectivity index (χ4n) is 2.36. The van der Waals surface area contributed by atoms with Crippen molar-refractivity contribution in [1.82, 2.24) is 4.98 Å². The number of nitrogen functional groups attached to an aromatic ring is 1. The number of thioether (sulfide) groups is 1. The van der Waals surface area contributed by atoms with Crippen molar-refractivity contribution in [3.63, 3.8) is 0 Å². The summed E-state index contributed by atoms with van der Waals surface area (Å²) in [6.07, 6.45) is 4.17. The van der Waals surface area contributed by atoms with E-state index in [-0.39, 0.29) is 0 Å². The number of benzene rings is 1. The van der Waals surface area contributed by atoms with Crippen LogP contribution in [0.5, 0.6) is 0 Å². The number of fused-ring (bicyclic) bond motifs is 1. The summed E-state index contributed by atoms with van der Waals surface area (Å²) in [7, 11) is 0. The van der Waals surface area contributed by atoms with Gasteiger partial charge in [-0.3, -0.25) is 4.98 Å². The number of pyridine rings is 1. The quantitative estimate of drug-likeness (QED) is 0.870. The molecule has 0 amide bonds. The number of aromatic nitrogens is 1. The molecule has 1 fully saturated rings. The predicted octanol–water partition coefficient (Wildman–Crippen LogP) is 3.12. The molecule has 4 heteroatoms. The van der Waals surface area contributed by atoms with Crippen molar-refractivity contribution in [1.29, 1.82) is 0 Å². The Hall–Kier alpha value is -1.42. The second-order valence-corrected chi connectivity index (χ2v) is 5.86. The van der Waals surface area contributed by atoms with E-state index in [0.717, 1.165) is 22.3 Å². The Labute approximate surface area is 111 Å². The fraction of sp³-hybridized carbons (Fsp3) is 0.357. The molecule has 18 heavy (non-hydrogen) atoms. The number of para-hydroxylation sites is 1. The molecule has 2 aromatic rings. The molecule has 94 valence electrons. The summed E-state index contributed by atoms with van der Waals surface area (Å²) in [5, 5.41) is 4.73. The summed E-state index contributed by atoms with van der Waals surface area (Å²) >= 11 is 2.03. The number of hydrogen-bond donors (Lipinski definition) is 2. The van der Waals surface area contributed by atoms with Gasteiger partial charge < -0.3 is 11.1 Å². The largest absolute Gasteiger partial charge is 0.396 e. The zero-order chi connectivity index (χ0) is 12.4. The molecule has 0 bridgehead atoms. The summed E-state index contributed by atoms with van der Waals surface area (Å²) in [6, 6.07) is 8.69. The minimum absolute atomic E-state index is 0.541. The molecule has 1 aromatic carbocycles. The van der Waals surface area contributed by atoms with Gasteiger partial charge in [-0.05, 0) is 30.4 Å². The van der Waals surface area contributed by atoms with Gasteiger partial charge in [0.1, 0.15) is 0 Å². The van der Waals surface area contributed by atoms with E-state index < -0.39 is 0 Å². The Morgan fingerprint density at radius 2 is 2.00 bits per heavy atom. The first-order chi connectivity index (χ1) is 8.84. The zero-order valence-electron chi connectivity index (χ0n) is 10.2. The molecule has 0 spiro atoms. The molecule has 1 aliphatic heterocycles. The van der Waals surface area contributed by atoms with Crippen molar-refractivity contribution >= 4 is 34.0 Å². The van der Waals surface area contributed by atoms with Crippen LogP contribution >= 0.6 is 11.8 Å². The lowest BCUT2D eigenvalue weighted by Crippen LogP contribution is -2.25. The number of nitrogens with zero attached hydrogens (tertiary/aromatic N) is 1. The minimum Gasteiger partial charge on any atom is -0.396 e. The third-order valence-electron chi connectivity index (χ3n) is 3.37. The van der Waals surface area contributed by atoms with Crippen molar-refractivity contribution < 1.29 is 0 Å². The number of rotatable bonds is 2. The Bertz CT molecular complexity index is 550.